The first kappa shape index (κ1) is 7.20. The molecule has 0 heterocycles. The van der Waals surface area contributed by atoms with Crippen molar-refractivity contribution in [1.82, 2.24) is 0 Å². The van der Waals surface area contributed by atoms with Crippen molar-refractivity contribution < 1.29 is 4.65 Å². The molecule has 0 aliphatic heterocycles. The van der Waals surface area contributed by atoms with Crippen molar-refractivity contribution in [2.75, 3.05) is 0 Å². The highest BCUT2D eigenvalue weighted by Gasteiger charge is 1.95. The first-order chi connectivity index (χ1) is 4.88. The van der Waals surface area contributed by atoms with Crippen LogP contribution in [0.5, 0.6) is 5.75 Å². The van der Waals surface area contributed by atoms with Gasteiger partial charge in [-0.1, -0.05) is 25.1 Å². The molecule has 0 atom stereocenters. The predicted octanol–water partition coefficient (Wildman–Crippen LogP) is 1.18. The largest absolute Gasteiger partial charge is 0.568 e. The molecule has 52 valence electrons. The highest BCUT2D eigenvalue weighted by molar-refractivity contribution is 6.00. The Hall–Kier alpha value is -0.915. The van der Waals surface area contributed by atoms with Gasteiger partial charge < -0.3 is 4.65 Å². The third kappa shape index (κ3) is 1.32. The van der Waals surface area contributed by atoms with E-state index in [9.17, 15) is 0 Å². The molecule has 0 N–H and O–H groups in total. The predicted molar refractivity (Wildman–Crippen MR) is 45.0 cm³/mol. The van der Waals surface area contributed by atoms with Gasteiger partial charge in [-0.3, -0.25) is 0 Å². The topological polar surface area (TPSA) is 9.23 Å². The Morgan fingerprint density at radius 2 is 2.10 bits per heavy atom. The lowest BCUT2D eigenvalue weighted by Crippen LogP contribution is -1.90. The van der Waals surface area contributed by atoms with Crippen molar-refractivity contribution >= 4 is 8.05 Å². The van der Waals surface area contributed by atoms with E-state index in [0.29, 0.717) is 0 Å². The molecule has 0 aromatic heterocycles. The summed E-state index contributed by atoms with van der Waals surface area (Å²) in [6.07, 6.45) is 1.03. The van der Waals surface area contributed by atoms with E-state index in [1.54, 1.807) is 8.05 Å². The molecular weight excluding hydrogens is 123 g/mol. The van der Waals surface area contributed by atoms with Crippen molar-refractivity contribution in [2.45, 2.75) is 13.3 Å². The second kappa shape index (κ2) is 3.30. The number of benzene rings is 1. The summed E-state index contributed by atoms with van der Waals surface area (Å²) < 4.78 is 5.14. The van der Waals surface area contributed by atoms with Crippen LogP contribution in [0.1, 0.15) is 12.5 Å². The molecule has 0 saturated carbocycles. The van der Waals surface area contributed by atoms with Crippen LogP contribution in [0, 0.1) is 0 Å². The molecule has 0 fully saturated rings. The van der Waals surface area contributed by atoms with Crippen LogP contribution in [-0.4, -0.2) is 8.05 Å². The van der Waals surface area contributed by atoms with Crippen molar-refractivity contribution in [2.24, 2.45) is 0 Å². The number of hydrogen-bond donors (Lipinski definition) is 0. The molecule has 1 aromatic carbocycles. The van der Waals surface area contributed by atoms with Crippen molar-refractivity contribution in [3.05, 3.63) is 29.8 Å². The number of rotatable bonds is 2. The standard InChI is InChI=1S/C8H11BO/c1-2-7-5-3-4-6-8(7)10-9/h3-6H,2,9H2,1H3. The Kier molecular flexibility index (Phi) is 2.38. The third-order valence-corrected chi connectivity index (χ3v) is 1.57. The molecule has 0 radical (unpaired) electrons. The zero-order valence-electron chi connectivity index (χ0n) is 6.42. The summed E-state index contributed by atoms with van der Waals surface area (Å²) in [7, 11) is 1.70. The van der Waals surface area contributed by atoms with Gasteiger partial charge in [-0.25, -0.2) is 0 Å². The Morgan fingerprint density at radius 3 is 2.60 bits per heavy atom. The number of hydrogen-bond acceptors (Lipinski definition) is 1. The Balaban J connectivity index is 2.96. The Labute approximate surface area is 62.5 Å². The number of para-hydroxylation sites is 1. The maximum Gasteiger partial charge on any atom is 0.322 e. The van der Waals surface area contributed by atoms with Gasteiger partial charge in [0.15, 0.2) is 0 Å². The fourth-order valence-corrected chi connectivity index (χ4v) is 0.995. The van der Waals surface area contributed by atoms with Gasteiger partial charge in [-0.05, 0) is 18.1 Å². The fourth-order valence-electron chi connectivity index (χ4n) is 0.995. The molecule has 0 bridgehead atoms. The van der Waals surface area contributed by atoms with Gasteiger partial charge in [0.1, 0.15) is 5.75 Å². The molecular formula is C8H11BO. The van der Waals surface area contributed by atoms with E-state index in [4.69, 9.17) is 4.65 Å². The first-order valence-electron chi connectivity index (χ1n) is 3.50. The zero-order valence-corrected chi connectivity index (χ0v) is 6.42. The maximum atomic E-state index is 5.14. The van der Waals surface area contributed by atoms with E-state index in [-0.39, 0.29) is 0 Å². The summed E-state index contributed by atoms with van der Waals surface area (Å²) in [6.45, 7) is 2.12. The van der Waals surface area contributed by atoms with Crippen LogP contribution < -0.4 is 4.65 Å². The monoisotopic (exact) mass is 134 g/mol. The van der Waals surface area contributed by atoms with Crippen molar-refractivity contribution in [1.29, 1.82) is 0 Å². The van der Waals surface area contributed by atoms with Crippen LogP contribution in [0.2, 0.25) is 0 Å². The molecule has 1 aromatic rings. The van der Waals surface area contributed by atoms with Crippen molar-refractivity contribution in [3.63, 3.8) is 0 Å². The molecule has 0 aliphatic rings. The smallest absolute Gasteiger partial charge is 0.322 e. The SMILES string of the molecule is BOc1ccccc1CC. The Morgan fingerprint density at radius 1 is 1.40 bits per heavy atom. The van der Waals surface area contributed by atoms with E-state index in [1.165, 1.54) is 5.56 Å². The van der Waals surface area contributed by atoms with Crippen LogP contribution in [0.15, 0.2) is 24.3 Å². The highest BCUT2D eigenvalue weighted by Crippen LogP contribution is 2.16. The zero-order chi connectivity index (χ0) is 7.40. The van der Waals surface area contributed by atoms with Gasteiger partial charge in [-0.15, -0.1) is 0 Å². The molecule has 0 saturated heterocycles. The first-order valence-corrected chi connectivity index (χ1v) is 3.50. The Bertz CT molecular complexity index is 187. The van der Waals surface area contributed by atoms with E-state index >= 15 is 0 Å². The van der Waals surface area contributed by atoms with Gasteiger partial charge in [0.25, 0.3) is 0 Å². The number of aryl methyl sites for hydroxylation is 1. The molecule has 10 heavy (non-hydrogen) atoms. The lowest BCUT2D eigenvalue weighted by atomic mass is 10.1. The van der Waals surface area contributed by atoms with E-state index < -0.39 is 0 Å². The minimum Gasteiger partial charge on any atom is -0.568 e. The quantitative estimate of drug-likeness (QED) is 0.551. The van der Waals surface area contributed by atoms with Gasteiger partial charge in [0.2, 0.25) is 0 Å². The molecule has 0 amide bonds. The molecule has 0 aliphatic carbocycles. The summed E-state index contributed by atoms with van der Waals surface area (Å²) in [5.41, 5.74) is 1.27. The van der Waals surface area contributed by atoms with Gasteiger partial charge in [-0.2, -0.15) is 0 Å². The van der Waals surface area contributed by atoms with Crippen LogP contribution >= 0.6 is 0 Å². The third-order valence-electron chi connectivity index (χ3n) is 1.57. The van der Waals surface area contributed by atoms with Crippen LogP contribution in [0.25, 0.3) is 0 Å². The molecule has 1 rings (SSSR count). The maximum absolute atomic E-state index is 5.14. The highest BCUT2D eigenvalue weighted by atomic mass is 16.4. The minimum absolute atomic E-state index is 0.991. The van der Waals surface area contributed by atoms with Gasteiger partial charge in [0.05, 0.1) is 0 Å². The summed E-state index contributed by atoms with van der Waals surface area (Å²) in [5, 5.41) is 0. The summed E-state index contributed by atoms with van der Waals surface area (Å²) in [4.78, 5) is 0. The minimum atomic E-state index is 0.991. The average Bonchev–Trinajstić information content (AvgIpc) is 2.04. The van der Waals surface area contributed by atoms with E-state index in [2.05, 4.69) is 13.0 Å². The molecule has 2 heteroatoms. The molecule has 0 spiro atoms. The summed E-state index contributed by atoms with van der Waals surface area (Å²) >= 11 is 0. The summed E-state index contributed by atoms with van der Waals surface area (Å²) in [6, 6.07) is 8.08. The normalized spacial score (nSPS) is 9.30. The van der Waals surface area contributed by atoms with Gasteiger partial charge >= 0.3 is 8.05 Å². The average molecular weight is 134 g/mol. The van der Waals surface area contributed by atoms with Gasteiger partial charge in [0, 0.05) is 0 Å². The molecule has 1 nitrogen and oxygen atoms in total. The van der Waals surface area contributed by atoms with E-state index in [1.807, 2.05) is 18.2 Å². The second-order valence-corrected chi connectivity index (χ2v) is 2.17. The molecule has 0 unspecified atom stereocenters. The van der Waals surface area contributed by atoms with Crippen LogP contribution in [0.4, 0.5) is 0 Å². The lowest BCUT2D eigenvalue weighted by Gasteiger charge is -2.04. The van der Waals surface area contributed by atoms with Crippen molar-refractivity contribution in [3.8, 4) is 5.75 Å². The van der Waals surface area contributed by atoms with Crippen LogP contribution in [-0.2, 0) is 6.42 Å². The fraction of sp³-hybridized carbons (Fsp3) is 0.250. The van der Waals surface area contributed by atoms with E-state index in [0.717, 1.165) is 12.2 Å². The van der Waals surface area contributed by atoms with Crippen LogP contribution in [0.3, 0.4) is 0 Å². The lowest BCUT2D eigenvalue weighted by molar-refractivity contribution is 0.606. The second-order valence-electron chi connectivity index (χ2n) is 2.17. The summed E-state index contributed by atoms with van der Waals surface area (Å²) in [5.74, 6) is 0.991.